The molecule has 0 spiro atoms. The number of rotatable bonds is 3. The maximum absolute atomic E-state index is 12.9. The monoisotopic (exact) mass is 401 g/mol. The summed E-state index contributed by atoms with van der Waals surface area (Å²) >= 11 is 3.49. The molecule has 7 heteroatoms. The van der Waals surface area contributed by atoms with Gasteiger partial charge in [-0.25, -0.2) is 9.78 Å². The largest absolute Gasteiger partial charge is 0.461 e. The van der Waals surface area contributed by atoms with Gasteiger partial charge in [0.2, 0.25) is 0 Å². The SMILES string of the molecule is O=C(OCC1CC1)c1ncn2c1[C@@H]1CCN1C(=O)c1c(Br)cccc1-2. The van der Waals surface area contributed by atoms with Crippen molar-refractivity contribution in [2.45, 2.75) is 25.3 Å². The van der Waals surface area contributed by atoms with Crippen molar-refractivity contribution in [3.05, 3.63) is 46.0 Å². The minimum Gasteiger partial charge on any atom is -0.461 e. The fraction of sp³-hybridized carbons (Fsp3) is 0.389. The van der Waals surface area contributed by atoms with E-state index in [1.807, 2.05) is 27.7 Å². The normalized spacial score (nSPS) is 20.9. The van der Waals surface area contributed by atoms with Crippen LogP contribution in [0.2, 0.25) is 0 Å². The van der Waals surface area contributed by atoms with Crippen molar-refractivity contribution in [3.63, 3.8) is 0 Å². The first kappa shape index (κ1) is 15.1. The van der Waals surface area contributed by atoms with Crippen molar-refractivity contribution in [3.8, 4) is 5.69 Å². The Hall–Kier alpha value is -2.15. The molecule has 3 heterocycles. The molecule has 25 heavy (non-hydrogen) atoms. The quantitative estimate of drug-likeness (QED) is 0.741. The number of fused-ring (bicyclic) bond motifs is 5. The number of amides is 1. The zero-order valence-electron chi connectivity index (χ0n) is 13.4. The van der Waals surface area contributed by atoms with E-state index >= 15 is 0 Å². The molecule has 1 amide bonds. The molecule has 6 nitrogen and oxygen atoms in total. The fourth-order valence-electron chi connectivity index (χ4n) is 3.56. The summed E-state index contributed by atoms with van der Waals surface area (Å²) in [5.74, 6) is 0.0988. The Kier molecular flexibility index (Phi) is 3.28. The maximum atomic E-state index is 12.9. The lowest BCUT2D eigenvalue weighted by atomic mass is 9.97. The van der Waals surface area contributed by atoms with Crippen LogP contribution < -0.4 is 0 Å². The molecule has 1 aliphatic carbocycles. The number of imidazole rings is 1. The Morgan fingerprint density at radius 2 is 2.16 bits per heavy atom. The molecule has 0 bridgehead atoms. The smallest absolute Gasteiger partial charge is 0.358 e. The van der Waals surface area contributed by atoms with E-state index in [1.54, 1.807) is 6.33 Å². The lowest BCUT2D eigenvalue weighted by Gasteiger charge is -2.39. The third kappa shape index (κ3) is 2.25. The van der Waals surface area contributed by atoms with Crippen molar-refractivity contribution in [1.29, 1.82) is 0 Å². The second kappa shape index (κ2) is 5.42. The molecular weight excluding hydrogens is 386 g/mol. The number of halogens is 1. The van der Waals surface area contributed by atoms with Gasteiger partial charge in [-0.05, 0) is 53.2 Å². The Morgan fingerprint density at radius 1 is 1.32 bits per heavy atom. The predicted molar refractivity (Wildman–Crippen MR) is 92.7 cm³/mol. The standard InChI is InChI=1S/C18H16BrN3O3/c19-11-2-1-3-12-14(11)17(23)21-7-6-13(21)16-15(20-9-22(12)16)18(24)25-8-10-4-5-10/h1-3,9-10,13H,4-8H2/t13-/m0/s1. The van der Waals surface area contributed by atoms with Crippen LogP contribution in [0.5, 0.6) is 0 Å². The van der Waals surface area contributed by atoms with Gasteiger partial charge in [-0.2, -0.15) is 0 Å². The first-order valence-electron chi connectivity index (χ1n) is 8.49. The molecule has 2 aromatic rings. The molecule has 0 unspecified atom stereocenters. The number of nitrogens with zero attached hydrogens (tertiary/aromatic N) is 3. The van der Waals surface area contributed by atoms with Gasteiger partial charge in [0.15, 0.2) is 5.69 Å². The van der Waals surface area contributed by atoms with Crippen molar-refractivity contribution in [2.75, 3.05) is 13.2 Å². The number of esters is 1. The molecule has 2 aliphatic heterocycles. The summed E-state index contributed by atoms with van der Waals surface area (Å²) in [7, 11) is 0. The minimum absolute atomic E-state index is 0.0141. The number of hydrogen-bond acceptors (Lipinski definition) is 4. The van der Waals surface area contributed by atoms with Crippen molar-refractivity contribution >= 4 is 27.8 Å². The summed E-state index contributed by atoms with van der Waals surface area (Å²) in [6, 6.07) is 5.50. The van der Waals surface area contributed by atoms with Crippen LogP contribution in [-0.2, 0) is 4.74 Å². The van der Waals surface area contributed by atoms with E-state index in [9.17, 15) is 9.59 Å². The van der Waals surface area contributed by atoms with E-state index in [0.717, 1.165) is 35.1 Å². The minimum atomic E-state index is -0.390. The molecule has 2 fully saturated rings. The highest BCUT2D eigenvalue weighted by Gasteiger charge is 2.43. The maximum Gasteiger partial charge on any atom is 0.358 e. The molecule has 5 rings (SSSR count). The van der Waals surface area contributed by atoms with Crippen LogP contribution in [0.4, 0.5) is 0 Å². The van der Waals surface area contributed by atoms with Gasteiger partial charge >= 0.3 is 5.97 Å². The third-order valence-electron chi connectivity index (χ3n) is 5.21. The average molecular weight is 402 g/mol. The summed E-state index contributed by atoms with van der Waals surface area (Å²) < 4.78 is 8.06. The summed E-state index contributed by atoms with van der Waals surface area (Å²) in [5.41, 5.74) is 2.45. The van der Waals surface area contributed by atoms with Gasteiger partial charge < -0.3 is 9.64 Å². The number of carbonyl (C=O) groups excluding carboxylic acids is 2. The van der Waals surface area contributed by atoms with E-state index in [2.05, 4.69) is 20.9 Å². The highest BCUT2D eigenvalue weighted by Crippen LogP contribution is 2.42. The van der Waals surface area contributed by atoms with E-state index in [0.29, 0.717) is 30.3 Å². The Balaban J connectivity index is 1.62. The molecule has 1 aromatic heterocycles. The number of benzene rings is 1. The number of ether oxygens (including phenoxy) is 1. The van der Waals surface area contributed by atoms with Crippen molar-refractivity contribution in [2.24, 2.45) is 5.92 Å². The molecule has 3 aliphatic rings. The molecule has 0 N–H and O–H groups in total. The van der Waals surface area contributed by atoms with Crippen LogP contribution in [0.3, 0.4) is 0 Å². The number of aromatic nitrogens is 2. The van der Waals surface area contributed by atoms with Gasteiger partial charge in [0, 0.05) is 11.0 Å². The topological polar surface area (TPSA) is 64.4 Å². The lowest BCUT2D eigenvalue weighted by molar-refractivity contribution is 0.0414. The van der Waals surface area contributed by atoms with E-state index < -0.39 is 5.97 Å². The molecule has 1 saturated carbocycles. The van der Waals surface area contributed by atoms with Crippen LogP contribution in [0.25, 0.3) is 5.69 Å². The van der Waals surface area contributed by atoms with Gasteiger partial charge in [0.25, 0.3) is 5.91 Å². The van der Waals surface area contributed by atoms with Crippen molar-refractivity contribution < 1.29 is 14.3 Å². The zero-order valence-corrected chi connectivity index (χ0v) is 15.0. The van der Waals surface area contributed by atoms with Gasteiger partial charge in [-0.3, -0.25) is 9.36 Å². The van der Waals surface area contributed by atoms with Crippen LogP contribution in [0.1, 0.15) is 51.8 Å². The van der Waals surface area contributed by atoms with Gasteiger partial charge in [-0.15, -0.1) is 0 Å². The molecule has 1 saturated heterocycles. The summed E-state index contributed by atoms with van der Waals surface area (Å²) in [6.45, 7) is 1.15. The van der Waals surface area contributed by atoms with Gasteiger partial charge in [-0.1, -0.05) is 6.07 Å². The molecule has 1 aromatic carbocycles. The highest BCUT2D eigenvalue weighted by atomic mass is 79.9. The zero-order chi connectivity index (χ0) is 17.1. The van der Waals surface area contributed by atoms with Crippen LogP contribution in [-0.4, -0.2) is 39.5 Å². The summed E-state index contributed by atoms with van der Waals surface area (Å²) in [5, 5.41) is 0. The molecule has 1 atom stereocenters. The second-order valence-electron chi connectivity index (χ2n) is 6.83. The molecule has 0 radical (unpaired) electrons. The third-order valence-corrected chi connectivity index (χ3v) is 5.87. The Labute approximate surface area is 152 Å². The van der Waals surface area contributed by atoms with Crippen LogP contribution in [0, 0.1) is 5.92 Å². The van der Waals surface area contributed by atoms with Gasteiger partial charge in [0.1, 0.15) is 6.33 Å². The Bertz CT molecular complexity index is 903. The summed E-state index contributed by atoms with van der Waals surface area (Å²) in [4.78, 5) is 31.6. The van der Waals surface area contributed by atoms with Gasteiger partial charge in [0.05, 0.1) is 29.6 Å². The highest BCUT2D eigenvalue weighted by molar-refractivity contribution is 9.10. The second-order valence-corrected chi connectivity index (χ2v) is 7.68. The Morgan fingerprint density at radius 3 is 2.88 bits per heavy atom. The first-order valence-corrected chi connectivity index (χ1v) is 9.28. The number of carbonyl (C=O) groups is 2. The fourth-order valence-corrected chi connectivity index (χ4v) is 4.08. The van der Waals surface area contributed by atoms with E-state index in [1.165, 1.54) is 0 Å². The molecule has 128 valence electrons. The predicted octanol–water partition coefficient (Wildman–Crippen LogP) is 3.10. The van der Waals surface area contributed by atoms with E-state index in [-0.39, 0.29) is 11.9 Å². The van der Waals surface area contributed by atoms with Crippen molar-refractivity contribution in [1.82, 2.24) is 14.5 Å². The first-order chi connectivity index (χ1) is 12.1. The van der Waals surface area contributed by atoms with Crippen LogP contribution in [0.15, 0.2) is 29.0 Å². The average Bonchev–Trinajstić information content (AvgIpc) is 3.30. The summed E-state index contributed by atoms with van der Waals surface area (Å²) in [6.07, 6.45) is 4.71. The molecular formula is C18H16BrN3O3. The lowest BCUT2D eigenvalue weighted by Crippen LogP contribution is -2.45. The van der Waals surface area contributed by atoms with Crippen LogP contribution >= 0.6 is 15.9 Å². The van der Waals surface area contributed by atoms with E-state index in [4.69, 9.17) is 4.74 Å². The number of hydrogen-bond donors (Lipinski definition) is 0.